The van der Waals surface area contributed by atoms with E-state index in [-0.39, 0.29) is 10.7 Å². The van der Waals surface area contributed by atoms with E-state index in [2.05, 4.69) is 20.9 Å². The van der Waals surface area contributed by atoms with E-state index in [9.17, 15) is 22.4 Å². The van der Waals surface area contributed by atoms with Crippen molar-refractivity contribution in [2.24, 2.45) is 0 Å². The van der Waals surface area contributed by atoms with Crippen molar-refractivity contribution in [2.75, 3.05) is 5.32 Å². The quantitative estimate of drug-likeness (QED) is 0.416. The molecule has 0 unspecified atom stereocenters. The molecule has 5 nitrogen and oxygen atoms in total. The second-order valence-electron chi connectivity index (χ2n) is 4.89. The van der Waals surface area contributed by atoms with E-state index in [1.165, 1.54) is 12.1 Å². The minimum absolute atomic E-state index is 0.0844. The summed E-state index contributed by atoms with van der Waals surface area (Å²) in [6.45, 7) is 0. The minimum Gasteiger partial charge on any atom is -0.428 e. The number of halogens is 4. The van der Waals surface area contributed by atoms with Crippen molar-refractivity contribution in [3.05, 3.63) is 60.2 Å². The Morgan fingerprint density at radius 3 is 2.38 bits per heavy atom. The SMILES string of the molecule is O=C(NNC(=S)Nc1ccccc1)c1cccc(OC(F)(F)C(F)F)c1. The smallest absolute Gasteiger partial charge is 0.428 e. The van der Waals surface area contributed by atoms with Crippen LogP contribution in [-0.4, -0.2) is 23.6 Å². The van der Waals surface area contributed by atoms with Crippen molar-refractivity contribution in [1.82, 2.24) is 10.9 Å². The number of ether oxygens (including phenoxy) is 1. The van der Waals surface area contributed by atoms with Gasteiger partial charge in [0.2, 0.25) is 0 Å². The number of amides is 1. The van der Waals surface area contributed by atoms with Gasteiger partial charge < -0.3 is 10.1 Å². The van der Waals surface area contributed by atoms with Crippen LogP contribution in [0.25, 0.3) is 0 Å². The van der Waals surface area contributed by atoms with Gasteiger partial charge in [-0.2, -0.15) is 17.6 Å². The number of nitrogens with one attached hydrogen (secondary N) is 3. The molecule has 0 saturated carbocycles. The predicted octanol–water partition coefficient (Wildman–Crippen LogP) is 3.55. The molecule has 1 amide bonds. The molecule has 2 aromatic carbocycles. The molecule has 2 rings (SSSR count). The Bertz CT molecular complexity index is 775. The van der Waals surface area contributed by atoms with Crippen LogP contribution in [0.1, 0.15) is 10.4 Å². The van der Waals surface area contributed by atoms with Crippen LogP contribution in [0, 0.1) is 0 Å². The van der Waals surface area contributed by atoms with Crippen LogP contribution in [0.5, 0.6) is 5.75 Å². The average Bonchev–Trinajstić information content (AvgIpc) is 2.60. The summed E-state index contributed by atoms with van der Waals surface area (Å²) < 4.78 is 54.1. The monoisotopic (exact) mass is 387 g/mol. The minimum atomic E-state index is -4.66. The van der Waals surface area contributed by atoms with Gasteiger partial charge >= 0.3 is 12.5 Å². The first-order chi connectivity index (χ1) is 12.3. The van der Waals surface area contributed by atoms with Crippen molar-refractivity contribution < 1.29 is 27.1 Å². The van der Waals surface area contributed by atoms with Gasteiger partial charge in [-0.25, -0.2) is 0 Å². The summed E-state index contributed by atoms with van der Waals surface area (Å²) in [7, 11) is 0. The first kappa shape index (κ1) is 19.4. The Morgan fingerprint density at radius 2 is 1.73 bits per heavy atom. The zero-order chi connectivity index (χ0) is 19.2. The van der Waals surface area contributed by atoms with Gasteiger partial charge in [0.05, 0.1) is 0 Å². The lowest BCUT2D eigenvalue weighted by Gasteiger charge is -2.17. The van der Waals surface area contributed by atoms with E-state index in [0.717, 1.165) is 12.1 Å². The molecule has 2 aromatic rings. The largest absolute Gasteiger partial charge is 0.461 e. The molecule has 0 aromatic heterocycles. The number of para-hydroxylation sites is 1. The second-order valence-corrected chi connectivity index (χ2v) is 5.30. The number of anilines is 1. The third-order valence-corrected chi connectivity index (χ3v) is 3.13. The summed E-state index contributed by atoms with van der Waals surface area (Å²) in [5.41, 5.74) is 5.26. The number of carbonyl (C=O) groups excluding carboxylic acids is 1. The van der Waals surface area contributed by atoms with Gasteiger partial charge in [0.25, 0.3) is 5.91 Å². The van der Waals surface area contributed by atoms with Crippen molar-refractivity contribution >= 4 is 28.9 Å². The topological polar surface area (TPSA) is 62.4 Å². The molecule has 0 radical (unpaired) electrons. The summed E-state index contributed by atoms with van der Waals surface area (Å²) in [6.07, 6.45) is -8.66. The van der Waals surface area contributed by atoms with Gasteiger partial charge in [-0.15, -0.1) is 0 Å². The molecule has 0 spiro atoms. The summed E-state index contributed by atoms with van der Waals surface area (Å²) in [6, 6.07) is 13.3. The first-order valence-electron chi connectivity index (χ1n) is 7.15. The van der Waals surface area contributed by atoms with Crippen LogP contribution in [-0.2, 0) is 0 Å². The molecule has 0 heterocycles. The third-order valence-electron chi connectivity index (χ3n) is 2.93. The van der Waals surface area contributed by atoms with Crippen molar-refractivity contribution in [3.8, 4) is 5.75 Å². The highest BCUT2D eigenvalue weighted by Crippen LogP contribution is 2.27. The van der Waals surface area contributed by atoms with Crippen LogP contribution in [0.2, 0.25) is 0 Å². The normalized spacial score (nSPS) is 11.0. The maximum Gasteiger partial charge on any atom is 0.461 e. The molecule has 3 N–H and O–H groups in total. The average molecular weight is 387 g/mol. The van der Waals surface area contributed by atoms with Crippen molar-refractivity contribution in [2.45, 2.75) is 12.5 Å². The summed E-state index contributed by atoms with van der Waals surface area (Å²) in [4.78, 5) is 12.0. The number of hydrazine groups is 1. The van der Waals surface area contributed by atoms with E-state index in [1.807, 2.05) is 6.07 Å². The van der Waals surface area contributed by atoms with Crippen LogP contribution in [0.4, 0.5) is 23.2 Å². The molecule has 0 atom stereocenters. The van der Waals surface area contributed by atoms with Crippen LogP contribution in [0.15, 0.2) is 54.6 Å². The highest BCUT2D eigenvalue weighted by atomic mass is 32.1. The zero-order valence-corrected chi connectivity index (χ0v) is 13.8. The molecular weight excluding hydrogens is 374 g/mol. The molecule has 10 heteroatoms. The fourth-order valence-corrected chi connectivity index (χ4v) is 1.94. The molecule has 0 aliphatic rings. The summed E-state index contributed by atoms with van der Waals surface area (Å²) in [5, 5.41) is 2.89. The van der Waals surface area contributed by atoms with E-state index in [0.29, 0.717) is 5.69 Å². The summed E-state index contributed by atoms with van der Waals surface area (Å²) >= 11 is 4.99. The number of alkyl halides is 4. The summed E-state index contributed by atoms with van der Waals surface area (Å²) in [5.74, 6) is -1.30. The van der Waals surface area contributed by atoms with Gasteiger partial charge in [0, 0.05) is 11.3 Å². The maximum atomic E-state index is 12.9. The number of rotatable bonds is 5. The van der Waals surface area contributed by atoms with Gasteiger partial charge in [0.15, 0.2) is 5.11 Å². The highest BCUT2D eigenvalue weighted by molar-refractivity contribution is 7.80. The Morgan fingerprint density at radius 1 is 1.04 bits per heavy atom. The van der Waals surface area contributed by atoms with Crippen molar-refractivity contribution in [1.29, 1.82) is 0 Å². The van der Waals surface area contributed by atoms with Gasteiger partial charge in [0.1, 0.15) is 5.75 Å². The lowest BCUT2D eigenvalue weighted by atomic mass is 10.2. The zero-order valence-electron chi connectivity index (χ0n) is 13.0. The molecular formula is C16H13F4N3O2S. The Kier molecular flexibility index (Phi) is 6.34. The van der Waals surface area contributed by atoms with Crippen LogP contribution < -0.4 is 20.9 Å². The van der Waals surface area contributed by atoms with Gasteiger partial charge in [-0.05, 0) is 42.5 Å². The fraction of sp³-hybridized carbons (Fsp3) is 0.125. The number of benzene rings is 2. The standard InChI is InChI=1S/C16H13F4N3O2S/c17-14(18)16(19,20)25-12-8-4-5-10(9-12)13(24)22-23-15(26)21-11-6-2-1-3-7-11/h1-9,14H,(H,22,24)(H2,21,23,26). The Hall–Kier alpha value is -2.88. The molecule has 0 aliphatic carbocycles. The first-order valence-corrected chi connectivity index (χ1v) is 7.56. The Balaban J connectivity index is 1.93. The van der Waals surface area contributed by atoms with E-state index >= 15 is 0 Å². The predicted molar refractivity (Wildman–Crippen MR) is 91.3 cm³/mol. The number of hydrogen-bond acceptors (Lipinski definition) is 3. The lowest BCUT2D eigenvalue weighted by molar-refractivity contribution is -0.253. The van der Waals surface area contributed by atoms with E-state index < -0.39 is 24.2 Å². The molecule has 0 fully saturated rings. The van der Waals surface area contributed by atoms with Gasteiger partial charge in [-0.3, -0.25) is 15.6 Å². The number of thiocarbonyl (C=S) groups is 1. The van der Waals surface area contributed by atoms with Crippen molar-refractivity contribution in [3.63, 3.8) is 0 Å². The maximum absolute atomic E-state index is 12.9. The lowest BCUT2D eigenvalue weighted by Crippen LogP contribution is -2.43. The highest BCUT2D eigenvalue weighted by Gasteiger charge is 2.44. The Labute approximate surface area is 151 Å². The van der Waals surface area contributed by atoms with E-state index in [4.69, 9.17) is 12.2 Å². The molecule has 138 valence electrons. The molecule has 0 aliphatic heterocycles. The number of hydrogen-bond donors (Lipinski definition) is 3. The van der Waals surface area contributed by atoms with Gasteiger partial charge in [-0.1, -0.05) is 24.3 Å². The second kappa shape index (κ2) is 8.48. The molecule has 0 bridgehead atoms. The molecule has 0 saturated heterocycles. The van der Waals surface area contributed by atoms with Crippen LogP contribution in [0.3, 0.4) is 0 Å². The molecule has 26 heavy (non-hydrogen) atoms. The third kappa shape index (κ3) is 5.59. The fourth-order valence-electron chi connectivity index (χ4n) is 1.77. The van der Waals surface area contributed by atoms with Crippen LogP contribution >= 0.6 is 12.2 Å². The number of carbonyl (C=O) groups is 1. The van der Waals surface area contributed by atoms with E-state index in [1.54, 1.807) is 24.3 Å².